The number of aromatic nitrogens is 1. The van der Waals surface area contributed by atoms with E-state index in [4.69, 9.17) is 14.2 Å². The van der Waals surface area contributed by atoms with Crippen molar-refractivity contribution in [2.45, 2.75) is 46.6 Å². The van der Waals surface area contributed by atoms with Gasteiger partial charge in [-0.15, -0.1) is 0 Å². The predicted octanol–water partition coefficient (Wildman–Crippen LogP) is 3.87. The van der Waals surface area contributed by atoms with Gasteiger partial charge in [0.1, 0.15) is 0 Å². The quantitative estimate of drug-likeness (QED) is 0.336. The average molecular weight is 579 g/mol. The van der Waals surface area contributed by atoms with Crippen molar-refractivity contribution in [1.29, 1.82) is 0 Å². The molecule has 1 aromatic heterocycles. The predicted molar refractivity (Wildman–Crippen MR) is 156 cm³/mol. The van der Waals surface area contributed by atoms with Crippen molar-refractivity contribution < 1.29 is 28.5 Å². The summed E-state index contributed by atoms with van der Waals surface area (Å²) in [6, 6.07) is 12.5. The van der Waals surface area contributed by atoms with Crippen molar-refractivity contribution in [3.05, 3.63) is 90.1 Å². The van der Waals surface area contributed by atoms with Crippen LogP contribution in [-0.2, 0) is 19.1 Å². The monoisotopic (exact) mass is 578 g/mol. The molecule has 0 fully saturated rings. The molecule has 0 unspecified atom stereocenters. The second kappa shape index (κ2) is 13.0. The van der Waals surface area contributed by atoms with Crippen molar-refractivity contribution in [2.75, 3.05) is 26.9 Å². The fraction of sp³-hybridized carbons (Fsp3) is 0.355. The minimum absolute atomic E-state index is 0.209. The number of ether oxygens (including phenoxy) is 4. The largest absolute Gasteiger partial charge is 0.490 e. The normalized spacial score (nSPS) is 14.9. The van der Waals surface area contributed by atoms with Gasteiger partial charge >= 0.3 is 11.9 Å². The summed E-state index contributed by atoms with van der Waals surface area (Å²) in [6.45, 7) is 9.91. The van der Waals surface area contributed by atoms with Gasteiger partial charge in [-0.1, -0.05) is 55.5 Å². The second-order valence-corrected chi connectivity index (χ2v) is 10.6. The third kappa shape index (κ3) is 6.43. The van der Waals surface area contributed by atoms with E-state index in [-0.39, 0.29) is 18.8 Å². The molecule has 0 saturated heterocycles. The van der Waals surface area contributed by atoms with Crippen LogP contribution in [0.3, 0.4) is 0 Å². The van der Waals surface area contributed by atoms with Gasteiger partial charge in [0.05, 0.1) is 42.2 Å². The first-order chi connectivity index (χ1) is 19.7. The molecule has 0 aliphatic carbocycles. The molecule has 2 aromatic carbocycles. The topological polar surface area (TPSA) is 105 Å². The van der Waals surface area contributed by atoms with Gasteiger partial charge in [-0.05, 0) is 61.6 Å². The molecule has 216 valence electrons. The van der Waals surface area contributed by atoms with Gasteiger partial charge in [0.15, 0.2) is 22.9 Å². The highest BCUT2D eigenvalue weighted by Gasteiger charge is 2.33. The number of esters is 2. The highest BCUT2D eigenvalue weighted by Crippen LogP contribution is 2.32. The number of carbonyl (C=O) groups is 2. The maximum absolute atomic E-state index is 13.9. The fourth-order valence-electron chi connectivity index (χ4n) is 4.52. The highest BCUT2D eigenvalue weighted by atomic mass is 32.1. The summed E-state index contributed by atoms with van der Waals surface area (Å²) in [4.78, 5) is 43.7. The highest BCUT2D eigenvalue weighted by molar-refractivity contribution is 7.07. The van der Waals surface area contributed by atoms with Crippen LogP contribution < -0.4 is 24.4 Å². The van der Waals surface area contributed by atoms with Crippen LogP contribution >= 0.6 is 11.3 Å². The SMILES string of the molecule is CCOC(=O)C1=C(C)N=c2s/c(=C/c3ccc(OCC(=O)OC)c(OCC)c3)c(=O)n2[C@@H]1c1ccc(C(C)C)cc1. The molecule has 41 heavy (non-hydrogen) atoms. The maximum Gasteiger partial charge on any atom is 0.343 e. The number of thiazole rings is 1. The van der Waals surface area contributed by atoms with Crippen LogP contribution in [0.2, 0.25) is 0 Å². The summed E-state index contributed by atoms with van der Waals surface area (Å²) in [5.74, 6) is 0.150. The Kier molecular flexibility index (Phi) is 9.44. The zero-order valence-corrected chi connectivity index (χ0v) is 24.9. The van der Waals surface area contributed by atoms with E-state index in [0.717, 1.165) is 11.1 Å². The Morgan fingerprint density at radius 2 is 1.78 bits per heavy atom. The van der Waals surface area contributed by atoms with Crippen LogP contribution in [-0.4, -0.2) is 43.4 Å². The molecule has 1 aliphatic heterocycles. The minimum Gasteiger partial charge on any atom is -0.490 e. The lowest BCUT2D eigenvalue weighted by Gasteiger charge is -2.25. The molecule has 0 radical (unpaired) electrons. The van der Waals surface area contributed by atoms with Crippen LogP contribution in [0.1, 0.15) is 63.3 Å². The number of rotatable bonds is 10. The number of benzene rings is 2. The first-order valence-electron chi connectivity index (χ1n) is 13.4. The molecular formula is C31H34N2O7S. The average Bonchev–Trinajstić information content (AvgIpc) is 3.25. The van der Waals surface area contributed by atoms with Crippen LogP contribution in [0.15, 0.2) is 63.5 Å². The smallest absolute Gasteiger partial charge is 0.343 e. The fourth-order valence-corrected chi connectivity index (χ4v) is 5.57. The van der Waals surface area contributed by atoms with Crippen molar-refractivity contribution in [3.8, 4) is 11.5 Å². The molecule has 3 aromatic rings. The molecule has 0 amide bonds. The molecule has 0 N–H and O–H groups in total. The molecule has 1 aliphatic rings. The Labute approximate surface area is 242 Å². The maximum atomic E-state index is 13.9. The van der Waals surface area contributed by atoms with Gasteiger partial charge < -0.3 is 18.9 Å². The van der Waals surface area contributed by atoms with Crippen LogP contribution in [0.25, 0.3) is 6.08 Å². The number of allylic oxidation sites excluding steroid dienone is 1. The van der Waals surface area contributed by atoms with Gasteiger partial charge in [0.25, 0.3) is 5.56 Å². The number of fused-ring (bicyclic) bond motifs is 1. The summed E-state index contributed by atoms with van der Waals surface area (Å²) in [5.41, 5.74) is 3.23. The molecule has 0 spiro atoms. The standard InChI is InChI=1S/C31H34N2O7S/c1-7-38-24-15-20(9-14-23(24)40-17-26(34)37-6)16-25-29(35)33-28(22-12-10-21(11-13-22)18(3)4)27(30(36)39-8-2)19(5)32-31(33)41-25/h9-16,18,28H,7-8,17H2,1-6H3/b25-16+/t28-/m1/s1. The first kappa shape index (κ1) is 29.8. The Morgan fingerprint density at radius 1 is 1.05 bits per heavy atom. The number of carbonyl (C=O) groups excluding carboxylic acids is 2. The van der Waals surface area contributed by atoms with E-state index in [2.05, 4.69) is 23.6 Å². The summed E-state index contributed by atoms with van der Waals surface area (Å²) < 4.78 is 23.3. The minimum atomic E-state index is -0.679. The van der Waals surface area contributed by atoms with Gasteiger partial charge in [0, 0.05) is 0 Å². The van der Waals surface area contributed by atoms with Crippen LogP contribution in [0, 0.1) is 0 Å². The van der Waals surface area contributed by atoms with E-state index in [9.17, 15) is 14.4 Å². The second-order valence-electron chi connectivity index (χ2n) is 9.63. The molecule has 1 atom stereocenters. The summed E-state index contributed by atoms with van der Waals surface area (Å²) >= 11 is 1.24. The van der Waals surface area contributed by atoms with E-state index in [1.165, 1.54) is 18.4 Å². The Bertz CT molecular complexity index is 1650. The third-order valence-electron chi connectivity index (χ3n) is 6.57. The van der Waals surface area contributed by atoms with Crippen molar-refractivity contribution >= 4 is 29.4 Å². The van der Waals surface area contributed by atoms with E-state index in [1.54, 1.807) is 42.7 Å². The van der Waals surface area contributed by atoms with Gasteiger partial charge in [-0.2, -0.15) is 0 Å². The Hall–Kier alpha value is -4.18. The lowest BCUT2D eigenvalue weighted by atomic mass is 9.93. The van der Waals surface area contributed by atoms with Gasteiger partial charge in [0.2, 0.25) is 0 Å². The molecule has 2 heterocycles. The van der Waals surface area contributed by atoms with E-state index < -0.39 is 18.0 Å². The molecule has 10 heteroatoms. The molecule has 0 saturated carbocycles. The number of hydrogen-bond donors (Lipinski definition) is 0. The first-order valence-corrected chi connectivity index (χ1v) is 14.3. The molecule has 0 bridgehead atoms. The Balaban J connectivity index is 1.82. The number of nitrogens with zero attached hydrogens (tertiary/aromatic N) is 2. The van der Waals surface area contributed by atoms with E-state index >= 15 is 0 Å². The van der Waals surface area contributed by atoms with Crippen molar-refractivity contribution in [2.24, 2.45) is 4.99 Å². The van der Waals surface area contributed by atoms with Gasteiger partial charge in [-0.25, -0.2) is 14.6 Å². The van der Waals surface area contributed by atoms with Gasteiger partial charge in [-0.3, -0.25) is 9.36 Å². The van der Waals surface area contributed by atoms with Crippen molar-refractivity contribution in [1.82, 2.24) is 4.57 Å². The van der Waals surface area contributed by atoms with E-state index in [0.29, 0.717) is 50.2 Å². The van der Waals surface area contributed by atoms with E-state index in [1.807, 2.05) is 31.2 Å². The summed E-state index contributed by atoms with van der Waals surface area (Å²) in [7, 11) is 1.29. The Morgan fingerprint density at radius 3 is 2.41 bits per heavy atom. The zero-order chi connectivity index (χ0) is 29.7. The molecule has 9 nitrogen and oxygen atoms in total. The molecule has 4 rings (SSSR count). The van der Waals surface area contributed by atoms with Crippen LogP contribution in [0.5, 0.6) is 11.5 Å². The number of methoxy groups -OCH3 is 1. The van der Waals surface area contributed by atoms with Crippen molar-refractivity contribution in [3.63, 3.8) is 0 Å². The third-order valence-corrected chi connectivity index (χ3v) is 7.56. The number of hydrogen-bond acceptors (Lipinski definition) is 9. The lowest BCUT2D eigenvalue weighted by molar-refractivity contribution is -0.143. The molecular weight excluding hydrogens is 544 g/mol. The lowest BCUT2D eigenvalue weighted by Crippen LogP contribution is -2.39. The summed E-state index contributed by atoms with van der Waals surface area (Å²) in [5, 5.41) is 0. The zero-order valence-electron chi connectivity index (χ0n) is 24.1. The summed E-state index contributed by atoms with van der Waals surface area (Å²) in [6.07, 6.45) is 1.75. The van der Waals surface area contributed by atoms with Crippen LogP contribution in [0.4, 0.5) is 0 Å².